The number of aliphatic hydroxyl groups excluding tert-OH is 1. The van der Waals surface area contributed by atoms with Crippen molar-refractivity contribution in [3.63, 3.8) is 0 Å². The SMILES string of the molecule is COc1ccc(OCC(O)Cn2nnc(-c3ccc(C(N)=O)cc3)n2)cc1. The first-order valence-corrected chi connectivity index (χ1v) is 8.18. The van der Waals surface area contributed by atoms with Gasteiger partial charge in [-0.3, -0.25) is 4.79 Å². The van der Waals surface area contributed by atoms with E-state index in [4.69, 9.17) is 15.2 Å². The van der Waals surface area contributed by atoms with E-state index in [9.17, 15) is 9.90 Å². The number of carbonyl (C=O) groups excluding carboxylic acids is 1. The Kier molecular flexibility index (Phi) is 5.62. The average Bonchev–Trinajstić information content (AvgIpc) is 3.15. The number of aromatic nitrogens is 4. The first kappa shape index (κ1) is 18.3. The molecule has 27 heavy (non-hydrogen) atoms. The number of aliphatic hydroxyl groups is 1. The number of hydrogen-bond donors (Lipinski definition) is 2. The van der Waals surface area contributed by atoms with Gasteiger partial charge in [-0.25, -0.2) is 0 Å². The fourth-order valence-electron chi connectivity index (χ4n) is 2.33. The minimum atomic E-state index is -0.814. The summed E-state index contributed by atoms with van der Waals surface area (Å²) in [7, 11) is 1.59. The number of methoxy groups -OCH3 is 1. The largest absolute Gasteiger partial charge is 0.497 e. The van der Waals surface area contributed by atoms with E-state index in [2.05, 4.69) is 15.4 Å². The van der Waals surface area contributed by atoms with Crippen LogP contribution in [0.2, 0.25) is 0 Å². The highest BCUT2D eigenvalue weighted by Crippen LogP contribution is 2.17. The lowest BCUT2D eigenvalue weighted by atomic mass is 10.1. The minimum Gasteiger partial charge on any atom is -0.497 e. The lowest BCUT2D eigenvalue weighted by Gasteiger charge is -2.11. The summed E-state index contributed by atoms with van der Waals surface area (Å²) in [5.41, 5.74) is 6.30. The van der Waals surface area contributed by atoms with E-state index in [-0.39, 0.29) is 13.2 Å². The van der Waals surface area contributed by atoms with Crippen LogP contribution in [0.1, 0.15) is 10.4 Å². The Morgan fingerprint density at radius 2 is 1.81 bits per heavy atom. The first-order valence-electron chi connectivity index (χ1n) is 8.18. The predicted molar refractivity (Wildman–Crippen MR) is 96.3 cm³/mol. The standard InChI is InChI=1S/C18H19N5O4/c1-26-15-6-8-16(9-7-15)27-11-14(24)10-23-21-18(20-22-23)13-4-2-12(3-5-13)17(19)25/h2-9,14,24H,10-11H2,1H3,(H2,19,25). The topological polar surface area (TPSA) is 125 Å². The maximum atomic E-state index is 11.1. The lowest BCUT2D eigenvalue weighted by molar-refractivity contribution is 0.0849. The van der Waals surface area contributed by atoms with Gasteiger partial charge in [0.2, 0.25) is 11.7 Å². The molecule has 0 aliphatic carbocycles. The number of carbonyl (C=O) groups is 1. The summed E-state index contributed by atoms with van der Waals surface area (Å²) >= 11 is 0. The van der Waals surface area contributed by atoms with E-state index in [0.717, 1.165) is 5.75 Å². The normalized spacial score (nSPS) is 11.8. The summed E-state index contributed by atoms with van der Waals surface area (Å²) in [4.78, 5) is 12.4. The van der Waals surface area contributed by atoms with Gasteiger partial charge in [0.1, 0.15) is 24.2 Å². The number of nitrogens with zero attached hydrogens (tertiary/aromatic N) is 4. The molecule has 0 spiro atoms. The van der Waals surface area contributed by atoms with Gasteiger partial charge in [-0.05, 0) is 41.6 Å². The molecule has 0 fully saturated rings. The molecule has 1 aromatic heterocycles. The van der Waals surface area contributed by atoms with Crippen molar-refractivity contribution in [2.45, 2.75) is 12.6 Å². The van der Waals surface area contributed by atoms with Gasteiger partial charge in [-0.15, -0.1) is 10.2 Å². The molecule has 3 N–H and O–H groups in total. The van der Waals surface area contributed by atoms with Crippen molar-refractivity contribution in [1.82, 2.24) is 20.2 Å². The van der Waals surface area contributed by atoms with Crippen LogP contribution >= 0.6 is 0 Å². The second-order valence-corrected chi connectivity index (χ2v) is 5.75. The Balaban J connectivity index is 1.55. The molecule has 1 heterocycles. The van der Waals surface area contributed by atoms with Crippen molar-refractivity contribution in [3.05, 3.63) is 54.1 Å². The fraction of sp³-hybridized carbons (Fsp3) is 0.222. The molecule has 1 atom stereocenters. The maximum absolute atomic E-state index is 11.1. The number of rotatable bonds is 8. The van der Waals surface area contributed by atoms with Crippen LogP contribution in [0.15, 0.2) is 48.5 Å². The Morgan fingerprint density at radius 1 is 1.15 bits per heavy atom. The van der Waals surface area contributed by atoms with Crippen LogP contribution in [-0.2, 0) is 6.54 Å². The van der Waals surface area contributed by atoms with Crippen molar-refractivity contribution < 1.29 is 19.4 Å². The summed E-state index contributed by atoms with van der Waals surface area (Å²) < 4.78 is 10.6. The second kappa shape index (κ2) is 8.28. The van der Waals surface area contributed by atoms with Gasteiger partial charge in [0, 0.05) is 11.1 Å². The van der Waals surface area contributed by atoms with Crippen LogP contribution in [-0.4, -0.2) is 51.0 Å². The molecular formula is C18H19N5O4. The van der Waals surface area contributed by atoms with Gasteiger partial charge in [0.25, 0.3) is 0 Å². The summed E-state index contributed by atoms with van der Waals surface area (Å²) in [5, 5.41) is 22.2. The number of nitrogens with two attached hydrogens (primary N) is 1. The number of primary amides is 1. The summed E-state index contributed by atoms with van der Waals surface area (Å²) in [6, 6.07) is 13.6. The zero-order valence-electron chi connectivity index (χ0n) is 14.6. The molecule has 1 unspecified atom stereocenters. The van der Waals surface area contributed by atoms with Crippen LogP contribution in [0.4, 0.5) is 0 Å². The molecule has 3 rings (SSSR count). The first-order chi connectivity index (χ1) is 13.0. The van der Waals surface area contributed by atoms with Crippen molar-refractivity contribution in [2.75, 3.05) is 13.7 Å². The number of amides is 1. The van der Waals surface area contributed by atoms with Gasteiger partial charge in [0.05, 0.1) is 13.7 Å². The Morgan fingerprint density at radius 3 is 2.44 bits per heavy atom. The quantitative estimate of drug-likeness (QED) is 0.604. The number of ether oxygens (including phenoxy) is 2. The van der Waals surface area contributed by atoms with Crippen LogP contribution in [0, 0.1) is 0 Å². The second-order valence-electron chi connectivity index (χ2n) is 5.75. The van der Waals surface area contributed by atoms with Crippen LogP contribution in [0.5, 0.6) is 11.5 Å². The molecular weight excluding hydrogens is 350 g/mol. The van der Waals surface area contributed by atoms with Crippen molar-refractivity contribution in [3.8, 4) is 22.9 Å². The summed E-state index contributed by atoms with van der Waals surface area (Å²) in [6.45, 7) is 0.207. The minimum absolute atomic E-state index is 0.0799. The monoisotopic (exact) mass is 369 g/mol. The highest BCUT2D eigenvalue weighted by molar-refractivity contribution is 5.93. The van der Waals surface area contributed by atoms with E-state index < -0.39 is 12.0 Å². The Labute approximate surface area is 155 Å². The van der Waals surface area contributed by atoms with E-state index in [0.29, 0.717) is 22.7 Å². The predicted octanol–water partition coefficient (Wildman–Crippen LogP) is 0.887. The van der Waals surface area contributed by atoms with Crippen molar-refractivity contribution in [1.29, 1.82) is 0 Å². The molecule has 1 amide bonds. The average molecular weight is 369 g/mol. The van der Waals surface area contributed by atoms with Crippen molar-refractivity contribution >= 4 is 5.91 Å². The smallest absolute Gasteiger partial charge is 0.248 e. The Bertz CT molecular complexity index is 893. The molecule has 0 radical (unpaired) electrons. The highest BCUT2D eigenvalue weighted by Gasteiger charge is 2.12. The third-order valence-corrected chi connectivity index (χ3v) is 3.76. The third kappa shape index (κ3) is 4.79. The zero-order valence-corrected chi connectivity index (χ0v) is 14.6. The van der Waals surface area contributed by atoms with Gasteiger partial charge < -0.3 is 20.3 Å². The molecule has 0 aliphatic heterocycles. The van der Waals surface area contributed by atoms with Gasteiger partial charge >= 0.3 is 0 Å². The zero-order chi connectivity index (χ0) is 19.2. The van der Waals surface area contributed by atoms with E-state index in [1.807, 2.05) is 0 Å². The molecule has 9 heteroatoms. The summed E-state index contributed by atoms with van der Waals surface area (Å²) in [5.74, 6) is 1.23. The molecule has 3 aromatic rings. The number of tetrazole rings is 1. The summed E-state index contributed by atoms with van der Waals surface area (Å²) in [6.07, 6.45) is -0.814. The molecule has 140 valence electrons. The van der Waals surface area contributed by atoms with Gasteiger partial charge in [-0.1, -0.05) is 12.1 Å². The molecule has 9 nitrogen and oxygen atoms in total. The molecule has 0 aliphatic rings. The van der Waals surface area contributed by atoms with E-state index in [1.54, 1.807) is 55.6 Å². The van der Waals surface area contributed by atoms with Crippen LogP contribution in [0.3, 0.4) is 0 Å². The van der Waals surface area contributed by atoms with Gasteiger partial charge in [0.15, 0.2) is 0 Å². The third-order valence-electron chi connectivity index (χ3n) is 3.76. The number of benzene rings is 2. The van der Waals surface area contributed by atoms with Crippen LogP contribution < -0.4 is 15.2 Å². The molecule has 0 bridgehead atoms. The number of hydrogen-bond acceptors (Lipinski definition) is 7. The van der Waals surface area contributed by atoms with E-state index >= 15 is 0 Å². The van der Waals surface area contributed by atoms with Crippen molar-refractivity contribution in [2.24, 2.45) is 5.73 Å². The molecule has 0 saturated heterocycles. The highest BCUT2D eigenvalue weighted by atomic mass is 16.5. The molecule has 0 saturated carbocycles. The fourth-order valence-corrected chi connectivity index (χ4v) is 2.33. The van der Waals surface area contributed by atoms with Crippen LogP contribution in [0.25, 0.3) is 11.4 Å². The maximum Gasteiger partial charge on any atom is 0.248 e. The van der Waals surface area contributed by atoms with Gasteiger partial charge in [-0.2, -0.15) is 4.80 Å². The molecule has 2 aromatic carbocycles. The Hall–Kier alpha value is -3.46. The lowest BCUT2D eigenvalue weighted by Crippen LogP contribution is -2.24. The van der Waals surface area contributed by atoms with E-state index in [1.165, 1.54) is 4.80 Å².